The van der Waals surface area contributed by atoms with Gasteiger partial charge in [-0.05, 0) is 69.1 Å². The van der Waals surface area contributed by atoms with Crippen molar-refractivity contribution >= 4 is 65.4 Å². The highest BCUT2D eigenvalue weighted by Gasteiger charge is 2.20. The van der Waals surface area contributed by atoms with Crippen LogP contribution in [0.3, 0.4) is 0 Å². The van der Waals surface area contributed by atoms with Crippen LogP contribution < -0.4 is 0 Å². The average molecular weight is 666 g/mol. The third-order valence-electron chi connectivity index (χ3n) is 10.1. The number of hydrogen-bond acceptors (Lipinski definition) is 5. The monoisotopic (exact) mass is 665 g/mol. The molecule has 0 atom stereocenters. The van der Waals surface area contributed by atoms with E-state index in [4.69, 9.17) is 23.8 Å². The minimum Gasteiger partial charge on any atom is -0.456 e. The smallest absolute Gasteiger partial charge is 0.164 e. The Hall–Kier alpha value is -7.11. The molecule has 5 heteroatoms. The lowest BCUT2D eigenvalue weighted by Gasteiger charge is -2.12. The maximum atomic E-state index is 6.60. The molecule has 0 saturated carbocycles. The third-order valence-corrected chi connectivity index (χ3v) is 10.1. The molecule has 0 saturated heterocycles. The van der Waals surface area contributed by atoms with Crippen LogP contribution in [-0.4, -0.2) is 15.0 Å². The van der Waals surface area contributed by atoms with Gasteiger partial charge < -0.3 is 8.83 Å². The van der Waals surface area contributed by atoms with Crippen molar-refractivity contribution in [3.05, 3.63) is 164 Å². The topological polar surface area (TPSA) is 65.0 Å². The second-order valence-corrected chi connectivity index (χ2v) is 13.1. The summed E-state index contributed by atoms with van der Waals surface area (Å²) in [5, 5.41) is 8.76. The first kappa shape index (κ1) is 28.7. The van der Waals surface area contributed by atoms with Crippen LogP contribution in [0.4, 0.5) is 0 Å². The predicted molar refractivity (Wildman–Crippen MR) is 211 cm³/mol. The molecule has 0 aliphatic carbocycles. The molecule has 0 fully saturated rings. The molecule has 0 radical (unpaired) electrons. The SMILES string of the molecule is c1ccc(-c2nc(-c3cc4ccccc4c4ccccc34)nc(-c3cccc4oc5cc(-c6cccc7oc8ccccc8c67)ccc5c34)n2)cc1. The van der Waals surface area contributed by atoms with E-state index in [1.165, 1.54) is 5.39 Å². The summed E-state index contributed by atoms with van der Waals surface area (Å²) < 4.78 is 12.8. The molecule has 11 rings (SSSR count). The number of aromatic nitrogens is 3. The molecule has 0 amide bonds. The fourth-order valence-electron chi connectivity index (χ4n) is 7.77. The Balaban J connectivity index is 1.14. The molecule has 8 aromatic carbocycles. The summed E-state index contributed by atoms with van der Waals surface area (Å²) in [7, 11) is 0. The van der Waals surface area contributed by atoms with Crippen molar-refractivity contribution in [2.45, 2.75) is 0 Å². The van der Waals surface area contributed by atoms with E-state index in [1.807, 2.05) is 66.7 Å². The van der Waals surface area contributed by atoms with Gasteiger partial charge in [-0.3, -0.25) is 0 Å². The number of nitrogens with zero attached hydrogens (tertiary/aromatic N) is 3. The van der Waals surface area contributed by atoms with Crippen molar-refractivity contribution in [2.75, 3.05) is 0 Å². The summed E-state index contributed by atoms with van der Waals surface area (Å²) >= 11 is 0. The Morgan fingerprint density at radius 3 is 1.71 bits per heavy atom. The van der Waals surface area contributed by atoms with Gasteiger partial charge in [-0.15, -0.1) is 0 Å². The zero-order chi connectivity index (χ0) is 34.2. The lowest BCUT2D eigenvalue weighted by Crippen LogP contribution is -2.01. The Morgan fingerprint density at radius 2 is 0.885 bits per heavy atom. The summed E-state index contributed by atoms with van der Waals surface area (Å²) in [6.45, 7) is 0. The summed E-state index contributed by atoms with van der Waals surface area (Å²) in [4.78, 5) is 15.5. The van der Waals surface area contributed by atoms with Gasteiger partial charge in [-0.1, -0.05) is 127 Å². The zero-order valence-corrected chi connectivity index (χ0v) is 27.7. The van der Waals surface area contributed by atoms with Gasteiger partial charge in [0.2, 0.25) is 0 Å². The first-order valence-electron chi connectivity index (χ1n) is 17.4. The van der Waals surface area contributed by atoms with E-state index in [2.05, 4.69) is 97.1 Å². The van der Waals surface area contributed by atoms with Crippen LogP contribution in [0.5, 0.6) is 0 Å². The van der Waals surface area contributed by atoms with E-state index < -0.39 is 0 Å². The Labute approximate surface area is 297 Å². The van der Waals surface area contributed by atoms with Crippen LogP contribution in [-0.2, 0) is 0 Å². The van der Waals surface area contributed by atoms with Gasteiger partial charge in [0.1, 0.15) is 22.3 Å². The van der Waals surface area contributed by atoms with Crippen molar-refractivity contribution in [3.63, 3.8) is 0 Å². The minimum absolute atomic E-state index is 0.591. The second-order valence-electron chi connectivity index (χ2n) is 13.1. The highest BCUT2D eigenvalue weighted by Crippen LogP contribution is 2.42. The van der Waals surface area contributed by atoms with Gasteiger partial charge in [0, 0.05) is 38.2 Å². The number of benzene rings is 8. The van der Waals surface area contributed by atoms with Gasteiger partial charge in [-0.25, -0.2) is 15.0 Å². The zero-order valence-electron chi connectivity index (χ0n) is 27.7. The van der Waals surface area contributed by atoms with Gasteiger partial charge in [0.05, 0.1) is 0 Å². The maximum absolute atomic E-state index is 6.60. The quantitative estimate of drug-likeness (QED) is 0.175. The van der Waals surface area contributed by atoms with E-state index in [-0.39, 0.29) is 0 Å². The fraction of sp³-hybridized carbons (Fsp3) is 0. The van der Waals surface area contributed by atoms with Crippen molar-refractivity contribution in [3.8, 4) is 45.3 Å². The van der Waals surface area contributed by atoms with Crippen LogP contribution in [0.15, 0.2) is 173 Å². The number of furan rings is 2. The first-order valence-corrected chi connectivity index (χ1v) is 17.4. The molecule has 0 bridgehead atoms. The minimum atomic E-state index is 0.591. The number of para-hydroxylation sites is 1. The van der Waals surface area contributed by atoms with E-state index in [1.54, 1.807) is 0 Å². The summed E-state index contributed by atoms with van der Waals surface area (Å²) in [6.07, 6.45) is 0. The Kier molecular flexibility index (Phi) is 6.18. The molecule has 52 heavy (non-hydrogen) atoms. The van der Waals surface area contributed by atoms with Crippen LogP contribution in [0.1, 0.15) is 0 Å². The molecule has 11 aromatic rings. The van der Waals surface area contributed by atoms with E-state index in [0.717, 1.165) is 87.9 Å². The van der Waals surface area contributed by atoms with Crippen molar-refractivity contribution in [1.29, 1.82) is 0 Å². The van der Waals surface area contributed by atoms with Gasteiger partial charge >= 0.3 is 0 Å². The molecular formula is C47H27N3O2. The number of fused-ring (bicyclic) bond motifs is 9. The average Bonchev–Trinajstić information content (AvgIpc) is 3.79. The Morgan fingerprint density at radius 1 is 0.308 bits per heavy atom. The van der Waals surface area contributed by atoms with Crippen molar-refractivity contribution < 1.29 is 8.83 Å². The molecule has 5 nitrogen and oxygen atoms in total. The third kappa shape index (κ3) is 4.39. The summed E-state index contributed by atoms with van der Waals surface area (Å²) in [5.41, 5.74) is 8.24. The normalized spacial score (nSPS) is 11.8. The van der Waals surface area contributed by atoms with E-state index in [9.17, 15) is 0 Å². The molecular weight excluding hydrogens is 639 g/mol. The van der Waals surface area contributed by atoms with Crippen molar-refractivity contribution in [2.24, 2.45) is 0 Å². The highest BCUT2D eigenvalue weighted by molar-refractivity contribution is 6.16. The number of rotatable bonds is 4. The molecule has 0 spiro atoms. The van der Waals surface area contributed by atoms with Crippen molar-refractivity contribution in [1.82, 2.24) is 15.0 Å². The van der Waals surface area contributed by atoms with Gasteiger partial charge in [-0.2, -0.15) is 0 Å². The standard InChI is InChI=1S/C47H27N3O2/c1-2-12-28(13-3-1)45-48-46(50-47(49-45)38-26-29-14-4-5-15-31(29)33-16-6-7-17-34(33)38)37-20-11-23-41-44(37)36-25-24-30(27-42(36)52-41)32-19-10-22-40-43(32)35-18-8-9-21-39(35)51-40/h1-27H. The molecule has 3 aromatic heterocycles. The van der Waals surface area contributed by atoms with Crippen LogP contribution in [0, 0.1) is 0 Å². The maximum Gasteiger partial charge on any atom is 0.164 e. The summed E-state index contributed by atoms with van der Waals surface area (Å²) in [6, 6.07) is 56.2. The van der Waals surface area contributed by atoms with Crippen LogP contribution in [0.2, 0.25) is 0 Å². The number of hydrogen-bond donors (Lipinski definition) is 0. The predicted octanol–water partition coefficient (Wildman–Crippen LogP) is 12.6. The molecule has 0 unspecified atom stereocenters. The molecule has 0 aliphatic rings. The van der Waals surface area contributed by atoms with Crippen LogP contribution in [0.25, 0.3) is 111 Å². The Bertz CT molecular complexity index is 3190. The molecule has 0 N–H and O–H groups in total. The molecule has 242 valence electrons. The summed E-state index contributed by atoms with van der Waals surface area (Å²) in [5.74, 6) is 1.83. The van der Waals surface area contributed by atoms with Crippen LogP contribution >= 0.6 is 0 Å². The second kappa shape index (κ2) is 11.2. The van der Waals surface area contributed by atoms with Gasteiger partial charge in [0.25, 0.3) is 0 Å². The molecule has 0 aliphatic heterocycles. The highest BCUT2D eigenvalue weighted by atomic mass is 16.3. The fourth-order valence-corrected chi connectivity index (χ4v) is 7.77. The lowest BCUT2D eigenvalue weighted by molar-refractivity contribution is 0.668. The van der Waals surface area contributed by atoms with Gasteiger partial charge in [0.15, 0.2) is 17.5 Å². The lowest BCUT2D eigenvalue weighted by atomic mass is 9.96. The first-order chi connectivity index (χ1) is 25.8. The molecule has 3 heterocycles. The largest absolute Gasteiger partial charge is 0.456 e. The van der Waals surface area contributed by atoms with E-state index >= 15 is 0 Å². The van der Waals surface area contributed by atoms with E-state index in [0.29, 0.717) is 17.5 Å².